The van der Waals surface area contributed by atoms with Crippen molar-refractivity contribution in [2.75, 3.05) is 6.54 Å². The molecular weight excluding hydrogens is 361 g/mol. The van der Waals surface area contributed by atoms with Crippen LogP contribution in [0.3, 0.4) is 0 Å². The number of nitrogens with one attached hydrogen (secondary N) is 1. The molecule has 0 amide bonds. The van der Waals surface area contributed by atoms with Gasteiger partial charge in [-0.25, -0.2) is 0 Å². The van der Waals surface area contributed by atoms with Gasteiger partial charge < -0.3 is 10.4 Å². The van der Waals surface area contributed by atoms with Gasteiger partial charge in [0.15, 0.2) is 0 Å². The molecule has 0 unspecified atom stereocenters. The summed E-state index contributed by atoms with van der Waals surface area (Å²) in [5, 5.41) is 14.5. The molecule has 106 valence electrons. The van der Waals surface area contributed by atoms with Crippen LogP contribution in [0.25, 0.3) is 0 Å². The van der Waals surface area contributed by atoms with Crippen molar-refractivity contribution in [2.24, 2.45) is 0 Å². The smallest absolute Gasteiger partial charge is 0.134 e. The summed E-state index contributed by atoms with van der Waals surface area (Å²) in [6.07, 6.45) is 0.810. The zero-order valence-corrected chi connectivity index (χ0v) is 13.8. The molecule has 5 heteroatoms. The summed E-state index contributed by atoms with van der Waals surface area (Å²) in [5.74, 6) is 0.282. The molecule has 2 nitrogen and oxygen atoms in total. The molecule has 0 fully saturated rings. The van der Waals surface area contributed by atoms with Gasteiger partial charge in [0.05, 0.1) is 4.47 Å². The van der Waals surface area contributed by atoms with E-state index in [9.17, 15) is 5.11 Å². The second-order valence-electron chi connectivity index (χ2n) is 4.41. The summed E-state index contributed by atoms with van der Waals surface area (Å²) >= 11 is 15.3. The van der Waals surface area contributed by atoms with Gasteiger partial charge in [0, 0.05) is 22.2 Å². The van der Waals surface area contributed by atoms with Crippen LogP contribution < -0.4 is 5.32 Å². The van der Waals surface area contributed by atoms with Crippen LogP contribution in [0.1, 0.15) is 11.1 Å². The molecule has 0 bridgehead atoms. The Kier molecular flexibility index (Phi) is 5.73. The first-order valence-electron chi connectivity index (χ1n) is 6.19. The zero-order valence-electron chi connectivity index (χ0n) is 10.7. The summed E-state index contributed by atoms with van der Waals surface area (Å²) in [6, 6.07) is 11.1. The molecule has 20 heavy (non-hydrogen) atoms. The fraction of sp³-hybridized carbons (Fsp3) is 0.200. The zero-order chi connectivity index (χ0) is 14.5. The fourth-order valence-electron chi connectivity index (χ4n) is 1.87. The van der Waals surface area contributed by atoms with Crippen molar-refractivity contribution in [3.05, 3.63) is 62.0 Å². The maximum absolute atomic E-state index is 9.87. The first kappa shape index (κ1) is 15.6. The SMILES string of the molecule is Oc1c(Br)cccc1CNCCc1ccc(Cl)cc1Cl. The van der Waals surface area contributed by atoms with E-state index in [1.54, 1.807) is 6.07 Å². The van der Waals surface area contributed by atoms with E-state index < -0.39 is 0 Å². The molecule has 0 heterocycles. The largest absolute Gasteiger partial charge is 0.506 e. The molecule has 0 aliphatic carbocycles. The van der Waals surface area contributed by atoms with Crippen molar-refractivity contribution >= 4 is 39.1 Å². The number of benzene rings is 2. The Hall–Kier alpha value is -0.740. The number of aromatic hydroxyl groups is 1. The van der Waals surface area contributed by atoms with Crippen LogP contribution in [-0.4, -0.2) is 11.7 Å². The van der Waals surface area contributed by atoms with E-state index in [2.05, 4.69) is 21.2 Å². The van der Waals surface area contributed by atoms with Crippen molar-refractivity contribution in [3.8, 4) is 5.75 Å². The van der Waals surface area contributed by atoms with E-state index in [4.69, 9.17) is 23.2 Å². The minimum atomic E-state index is 0.282. The highest BCUT2D eigenvalue weighted by Gasteiger charge is 2.05. The molecule has 0 aromatic heterocycles. The van der Waals surface area contributed by atoms with Gasteiger partial charge in [-0.15, -0.1) is 0 Å². The fourth-order valence-corrected chi connectivity index (χ4v) is 2.78. The Bertz CT molecular complexity index is 604. The van der Waals surface area contributed by atoms with Gasteiger partial charge in [-0.1, -0.05) is 41.4 Å². The van der Waals surface area contributed by atoms with Gasteiger partial charge in [-0.2, -0.15) is 0 Å². The van der Waals surface area contributed by atoms with Gasteiger partial charge in [-0.05, 0) is 52.7 Å². The van der Waals surface area contributed by atoms with Crippen LogP contribution in [0.2, 0.25) is 10.0 Å². The third-order valence-corrected chi connectivity index (χ3v) is 4.20. The lowest BCUT2D eigenvalue weighted by molar-refractivity contribution is 0.461. The predicted octanol–water partition coefficient (Wildman–Crippen LogP) is 4.79. The van der Waals surface area contributed by atoms with E-state index in [0.29, 0.717) is 21.1 Å². The van der Waals surface area contributed by atoms with Gasteiger partial charge >= 0.3 is 0 Å². The number of halogens is 3. The standard InChI is InChI=1S/C15H14BrCl2NO/c16-13-3-1-2-11(15(13)20)9-19-7-6-10-4-5-12(17)8-14(10)18/h1-5,8,19-20H,6-7,9H2. The maximum Gasteiger partial charge on any atom is 0.134 e. The quantitative estimate of drug-likeness (QED) is 0.737. The number of rotatable bonds is 5. The van der Waals surface area contributed by atoms with E-state index in [-0.39, 0.29) is 5.75 Å². The lowest BCUT2D eigenvalue weighted by Gasteiger charge is -2.09. The molecule has 2 aromatic rings. The molecule has 0 spiro atoms. The Morgan fingerprint density at radius 1 is 1.10 bits per heavy atom. The molecular formula is C15H14BrCl2NO. The Labute approximate surface area is 136 Å². The molecule has 0 atom stereocenters. The van der Waals surface area contributed by atoms with E-state index in [0.717, 1.165) is 24.1 Å². The van der Waals surface area contributed by atoms with E-state index >= 15 is 0 Å². The monoisotopic (exact) mass is 373 g/mol. The van der Waals surface area contributed by atoms with Crippen LogP contribution in [0.4, 0.5) is 0 Å². The minimum Gasteiger partial charge on any atom is -0.506 e. The maximum atomic E-state index is 9.87. The van der Waals surface area contributed by atoms with E-state index in [1.165, 1.54) is 0 Å². The molecule has 0 aliphatic heterocycles. The molecule has 0 radical (unpaired) electrons. The van der Waals surface area contributed by atoms with Crippen molar-refractivity contribution in [3.63, 3.8) is 0 Å². The molecule has 2 rings (SSSR count). The van der Waals surface area contributed by atoms with Crippen LogP contribution in [-0.2, 0) is 13.0 Å². The van der Waals surface area contributed by atoms with Crippen LogP contribution >= 0.6 is 39.1 Å². The molecule has 0 aliphatic rings. The third kappa shape index (κ3) is 4.13. The topological polar surface area (TPSA) is 32.3 Å². The minimum absolute atomic E-state index is 0.282. The third-order valence-electron chi connectivity index (χ3n) is 2.97. The molecule has 2 aromatic carbocycles. The summed E-state index contributed by atoms with van der Waals surface area (Å²) in [7, 11) is 0. The number of phenols is 1. The van der Waals surface area contributed by atoms with Crippen molar-refractivity contribution < 1.29 is 5.11 Å². The summed E-state index contributed by atoms with van der Waals surface area (Å²) in [5.41, 5.74) is 1.92. The Morgan fingerprint density at radius 3 is 2.65 bits per heavy atom. The molecule has 0 saturated carbocycles. The predicted molar refractivity (Wildman–Crippen MR) is 87.7 cm³/mol. The van der Waals surface area contributed by atoms with Gasteiger partial charge in [-0.3, -0.25) is 0 Å². The summed E-state index contributed by atoms with van der Waals surface area (Å²) < 4.78 is 0.706. The molecule has 2 N–H and O–H groups in total. The Morgan fingerprint density at radius 2 is 1.90 bits per heavy atom. The number of hydrogen-bond acceptors (Lipinski definition) is 2. The van der Waals surface area contributed by atoms with Gasteiger partial charge in [0.2, 0.25) is 0 Å². The van der Waals surface area contributed by atoms with Crippen molar-refractivity contribution in [1.29, 1.82) is 0 Å². The van der Waals surface area contributed by atoms with E-state index in [1.807, 2.05) is 30.3 Å². The average Bonchev–Trinajstić information content (AvgIpc) is 2.41. The highest BCUT2D eigenvalue weighted by atomic mass is 79.9. The first-order chi connectivity index (χ1) is 9.58. The molecule has 0 saturated heterocycles. The second-order valence-corrected chi connectivity index (χ2v) is 6.11. The average molecular weight is 375 g/mol. The number of hydrogen-bond donors (Lipinski definition) is 2. The highest BCUT2D eigenvalue weighted by Crippen LogP contribution is 2.27. The van der Waals surface area contributed by atoms with Crippen molar-refractivity contribution in [2.45, 2.75) is 13.0 Å². The van der Waals surface area contributed by atoms with Gasteiger partial charge in [0.25, 0.3) is 0 Å². The summed E-state index contributed by atoms with van der Waals surface area (Å²) in [4.78, 5) is 0. The lowest BCUT2D eigenvalue weighted by atomic mass is 10.1. The van der Waals surface area contributed by atoms with Crippen molar-refractivity contribution in [1.82, 2.24) is 5.32 Å². The Balaban J connectivity index is 1.86. The number of phenolic OH excluding ortho intramolecular Hbond substituents is 1. The van der Waals surface area contributed by atoms with Gasteiger partial charge in [0.1, 0.15) is 5.75 Å². The van der Waals surface area contributed by atoms with Crippen LogP contribution in [0, 0.1) is 0 Å². The number of para-hydroxylation sites is 1. The highest BCUT2D eigenvalue weighted by molar-refractivity contribution is 9.10. The van der Waals surface area contributed by atoms with Crippen LogP contribution in [0.5, 0.6) is 5.75 Å². The normalized spacial score (nSPS) is 10.8. The van der Waals surface area contributed by atoms with Crippen LogP contribution in [0.15, 0.2) is 40.9 Å². The second kappa shape index (κ2) is 7.32. The summed E-state index contributed by atoms with van der Waals surface area (Å²) in [6.45, 7) is 1.38. The lowest BCUT2D eigenvalue weighted by Crippen LogP contribution is -2.16. The first-order valence-corrected chi connectivity index (χ1v) is 7.74.